The van der Waals surface area contributed by atoms with Crippen LogP contribution in [0.4, 0.5) is 0 Å². The van der Waals surface area contributed by atoms with Crippen LogP contribution in [0.25, 0.3) is 0 Å². The highest BCUT2D eigenvalue weighted by molar-refractivity contribution is 6.30. The number of carboxylic acids is 1. The van der Waals surface area contributed by atoms with Crippen LogP contribution in [0.5, 0.6) is 11.5 Å². The van der Waals surface area contributed by atoms with E-state index in [4.69, 9.17) is 26.2 Å². The molecule has 2 aromatic rings. The zero-order valence-electron chi connectivity index (χ0n) is 16.8. The normalized spacial score (nSPS) is 15.6. The monoisotopic (exact) mass is 430 g/mol. The van der Waals surface area contributed by atoms with Gasteiger partial charge in [-0.1, -0.05) is 23.7 Å². The standard InChI is InChI=1S/C22H23ClN2O5/c1-29-16-9-10-17(20(12-16)30-2)18-13-19(14-5-3-6-15(23)11-14)25(24-18)21(26)7-4-8-22(27)28/h3,5-6,9-12,19H,4,7-8,13H2,1-2H3,(H,27,28). The second-order valence-electron chi connectivity index (χ2n) is 6.87. The number of halogens is 1. The molecule has 0 fully saturated rings. The number of hydrogen-bond donors (Lipinski definition) is 1. The number of nitrogens with zero attached hydrogens (tertiary/aromatic N) is 2. The highest BCUT2D eigenvalue weighted by atomic mass is 35.5. The summed E-state index contributed by atoms with van der Waals surface area (Å²) in [5.41, 5.74) is 2.33. The average Bonchev–Trinajstić information content (AvgIpc) is 3.18. The molecule has 0 spiro atoms. The van der Waals surface area contributed by atoms with Crippen LogP contribution < -0.4 is 9.47 Å². The summed E-state index contributed by atoms with van der Waals surface area (Å²) in [6, 6.07) is 12.4. The Kier molecular flexibility index (Phi) is 6.95. The number of methoxy groups -OCH3 is 2. The van der Waals surface area contributed by atoms with Crippen molar-refractivity contribution in [1.29, 1.82) is 0 Å². The first-order valence-corrected chi connectivity index (χ1v) is 9.90. The van der Waals surface area contributed by atoms with Crippen LogP contribution in [0.1, 0.15) is 42.9 Å². The van der Waals surface area contributed by atoms with E-state index < -0.39 is 5.97 Å². The van der Waals surface area contributed by atoms with E-state index in [1.54, 1.807) is 26.4 Å². The van der Waals surface area contributed by atoms with Gasteiger partial charge in [0, 0.05) is 35.9 Å². The molecule has 0 aromatic heterocycles. The summed E-state index contributed by atoms with van der Waals surface area (Å²) in [5.74, 6) is 0.0896. The molecule has 0 saturated heterocycles. The van der Waals surface area contributed by atoms with Gasteiger partial charge in [0.2, 0.25) is 5.91 Å². The number of hydrazone groups is 1. The molecule has 0 saturated carbocycles. The Morgan fingerprint density at radius 1 is 1.17 bits per heavy atom. The number of carboxylic acid groups (broad SMARTS) is 1. The van der Waals surface area contributed by atoms with Crippen molar-refractivity contribution in [3.8, 4) is 11.5 Å². The minimum absolute atomic E-state index is 0.0652. The first kappa shape index (κ1) is 21.6. The topological polar surface area (TPSA) is 88.4 Å². The third-order valence-corrected chi connectivity index (χ3v) is 5.14. The highest BCUT2D eigenvalue weighted by Crippen LogP contribution is 2.37. The lowest BCUT2D eigenvalue weighted by molar-refractivity contribution is -0.137. The summed E-state index contributed by atoms with van der Waals surface area (Å²) < 4.78 is 10.8. The van der Waals surface area contributed by atoms with Crippen LogP contribution in [0.2, 0.25) is 5.02 Å². The predicted octanol–water partition coefficient (Wildman–Crippen LogP) is 4.29. The number of benzene rings is 2. The molecule has 7 nitrogen and oxygen atoms in total. The van der Waals surface area contributed by atoms with Gasteiger partial charge in [-0.05, 0) is 36.2 Å². The molecule has 1 heterocycles. The van der Waals surface area contributed by atoms with Crippen molar-refractivity contribution in [2.45, 2.75) is 31.7 Å². The number of carbonyl (C=O) groups excluding carboxylic acids is 1. The summed E-state index contributed by atoms with van der Waals surface area (Å²) in [6.07, 6.45) is 0.765. The van der Waals surface area contributed by atoms with Crippen LogP contribution in [0.15, 0.2) is 47.6 Å². The van der Waals surface area contributed by atoms with E-state index in [0.29, 0.717) is 28.7 Å². The van der Waals surface area contributed by atoms with Crippen LogP contribution >= 0.6 is 11.6 Å². The molecule has 0 aliphatic carbocycles. The molecule has 1 amide bonds. The molecule has 30 heavy (non-hydrogen) atoms. The number of ether oxygens (including phenoxy) is 2. The predicted molar refractivity (Wildman–Crippen MR) is 113 cm³/mol. The van der Waals surface area contributed by atoms with Crippen molar-refractivity contribution < 1.29 is 24.2 Å². The number of hydrogen-bond acceptors (Lipinski definition) is 5. The van der Waals surface area contributed by atoms with Crippen molar-refractivity contribution in [2.24, 2.45) is 5.10 Å². The largest absolute Gasteiger partial charge is 0.497 e. The Bertz CT molecular complexity index is 976. The molecule has 1 aliphatic rings. The summed E-state index contributed by atoms with van der Waals surface area (Å²) in [7, 11) is 3.14. The molecule has 2 aromatic carbocycles. The molecule has 158 valence electrons. The van der Waals surface area contributed by atoms with Gasteiger partial charge in [0.25, 0.3) is 0 Å². The van der Waals surface area contributed by atoms with Gasteiger partial charge in [-0.25, -0.2) is 5.01 Å². The van der Waals surface area contributed by atoms with Crippen molar-refractivity contribution >= 4 is 29.2 Å². The van der Waals surface area contributed by atoms with Gasteiger partial charge < -0.3 is 14.6 Å². The van der Waals surface area contributed by atoms with E-state index in [0.717, 1.165) is 11.1 Å². The molecule has 0 bridgehead atoms. The molecule has 1 atom stereocenters. The second kappa shape index (κ2) is 9.63. The summed E-state index contributed by atoms with van der Waals surface area (Å²) >= 11 is 6.16. The highest BCUT2D eigenvalue weighted by Gasteiger charge is 2.34. The van der Waals surface area contributed by atoms with Gasteiger partial charge in [-0.3, -0.25) is 9.59 Å². The molecular weight excluding hydrogens is 408 g/mol. The smallest absolute Gasteiger partial charge is 0.303 e. The fourth-order valence-electron chi connectivity index (χ4n) is 3.42. The SMILES string of the molecule is COc1ccc(C2=NN(C(=O)CCCC(=O)O)C(c3cccc(Cl)c3)C2)c(OC)c1. The first-order chi connectivity index (χ1) is 14.4. The van der Waals surface area contributed by atoms with E-state index in [2.05, 4.69) is 5.10 Å². The zero-order valence-corrected chi connectivity index (χ0v) is 17.6. The zero-order chi connectivity index (χ0) is 21.7. The number of rotatable bonds is 8. The second-order valence-corrected chi connectivity index (χ2v) is 7.31. The van der Waals surface area contributed by atoms with E-state index in [9.17, 15) is 9.59 Å². The Balaban J connectivity index is 1.93. The molecule has 1 N–H and O–H groups in total. The number of aliphatic carboxylic acids is 1. The molecular formula is C22H23ClN2O5. The summed E-state index contributed by atoms with van der Waals surface area (Å²) in [6.45, 7) is 0. The average molecular weight is 431 g/mol. The van der Waals surface area contributed by atoms with Crippen molar-refractivity contribution in [3.05, 3.63) is 58.6 Å². The van der Waals surface area contributed by atoms with Gasteiger partial charge in [0.15, 0.2) is 0 Å². The first-order valence-electron chi connectivity index (χ1n) is 9.52. The molecule has 3 rings (SSSR count). The fourth-order valence-corrected chi connectivity index (χ4v) is 3.62. The minimum atomic E-state index is -0.928. The van der Waals surface area contributed by atoms with Gasteiger partial charge in [-0.15, -0.1) is 0 Å². The van der Waals surface area contributed by atoms with Gasteiger partial charge in [0.1, 0.15) is 11.5 Å². The Morgan fingerprint density at radius 3 is 2.63 bits per heavy atom. The molecule has 1 unspecified atom stereocenters. The van der Waals surface area contributed by atoms with E-state index in [1.807, 2.05) is 30.3 Å². The lowest BCUT2D eigenvalue weighted by atomic mass is 9.97. The number of amides is 1. The minimum Gasteiger partial charge on any atom is -0.497 e. The lowest BCUT2D eigenvalue weighted by Crippen LogP contribution is -2.27. The van der Waals surface area contributed by atoms with Crippen molar-refractivity contribution in [1.82, 2.24) is 5.01 Å². The van der Waals surface area contributed by atoms with Crippen LogP contribution in [-0.2, 0) is 9.59 Å². The quantitative estimate of drug-likeness (QED) is 0.674. The van der Waals surface area contributed by atoms with Crippen molar-refractivity contribution in [3.63, 3.8) is 0 Å². The Hall–Kier alpha value is -3.06. The number of carbonyl (C=O) groups is 2. The maximum Gasteiger partial charge on any atom is 0.303 e. The summed E-state index contributed by atoms with van der Waals surface area (Å²) in [4.78, 5) is 23.7. The van der Waals surface area contributed by atoms with Crippen LogP contribution in [0, 0.1) is 0 Å². The maximum atomic E-state index is 12.9. The molecule has 8 heteroatoms. The van der Waals surface area contributed by atoms with E-state index in [-0.39, 0.29) is 31.2 Å². The van der Waals surface area contributed by atoms with Gasteiger partial charge in [-0.2, -0.15) is 5.10 Å². The molecule has 1 aliphatic heterocycles. The Labute approximate surface area is 179 Å². The third kappa shape index (κ3) is 4.91. The summed E-state index contributed by atoms with van der Waals surface area (Å²) in [5, 5.41) is 15.5. The van der Waals surface area contributed by atoms with Gasteiger partial charge in [0.05, 0.1) is 26.0 Å². The van der Waals surface area contributed by atoms with Crippen molar-refractivity contribution in [2.75, 3.05) is 14.2 Å². The van der Waals surface area contributed by atoms with Gasteiger partial charge >= 0.3 is 5.97 Å². The van der Waals surface area contributed by atoms with E-state index in [1.165, 1.54) is 5.01 Å². The van der Waals surface area contributed by atoms with Crippen LogP contribution in [0.3, 0.4) is 0 Å². The van der Waals surface area contributed by atoms with Crippen LogP contribution in [-0.4, -0.2) is 41.9 Å². The third-order valence-electron chi connectivity index (χ3n) is 4.90. The maximum absolute atomic E-state index is 12.9. The fraction of sp³-hybridized carbons (Fsp3) is 0.318. The van der Waals surface area contributed by atoms with E-state index >= 15 is 0 Å². The lowest BCUT2D eigenvalue weighted by Gasteiger charge is -2.22. The Morgan fingerprint density at radius 2 is 1.97 bits per heavy atom. The molecule has 0 radical (unpaired) electrons.